The van der Waals surface area contributed by atoms with Crippen LogP contribution in [0, 0.1) is 0 Å². The molecule has 0 saturated carbocycles. The van der Waals surface area contributed by atoms with Crippen LogP contribution in [0.5, 0.6) is 0 Å². The van der Waals surface area contributed by atoms with Gasteiger partial charge in [-0.1, -0.05) is 29.3 Å². The minimum absolute atomic E-state index is 0.213. The first kappa shape index (κ1) is 15.9. The van der Waals surface area contributed by atoms with Crippen molar-refractivity contribution < 1.29 is 13.7 Å². The highest BCUT2D eigenvalue weighted by atomic mass is 35.5. The molecule has 0 bridgehead atoms. The Morgan fingerprint density at radius 3 is 2.11 bits per heavy atom. The summed E-state index contributed by atoms with van der Waals surface area (Å²) in [5.74, 6) is 0.213. The summed E-state index contributed by atoms with van der Waals surface area (Å²) >= 11 is 12.0. The minimum atomic E-state index is -1.35. The van der Waals surface area contributed by atoms with E-state index in [0.29, 0.717) is 28.2 Å². The highest BCUT2D eigenvalue weighted by Crippen LogP contribution is 2.28. The summed E-state index contributed by atoms with van der Waals surface area (Å²) in [6.45, 7) is 4.71. The topological polar surface area (TPSA) is 35.5 Å². The van der Waals surface area contributed by atoms with Gasteiger partial charge in [-0.15, -0.1) is 0 Å². The fourth-order valence-electron chi connectivity index (χ4n) is 1.42. The molecule has 0 aliphatic carbocycles. The van der Waals surface area contributed by atoms with Gasteiger partial charge in [0.2, 0.25) is 0 Å². The van der Waals surface area contributed by atoms with Crippen molar-refractivity contribution in [1.29, 1.82) is 0 Å². The van der Waals surface area contributed by atoms with Gasteiger partial charge in [-0.3, -0.25) is 4.21 Å². The molecule has 0 fully saturated rings. The summed E-state index contributed by atoms with van der Waals surface area (Å²) in [5.41, 5.74) is 0. The van der Waals surface area contributed by atoms with Gasteiger partial charge in [-0.25, -0.2) is 0 Å². The fourth-order valence-corrected chi connectivity index (χ4v) is 3.51. The van der Waals surface area contributed by atoms with E-state index in [1.54, 1.807) is 18.2 Å². The molecule has 0 spiro atoms. The Hall–Kier alpha value is -0.130. The van der Waals surface area contributed by atoms with Crippen molar-refractivity contribution in [2.75, 3.05) is 19.0 Å². The van der Waals surface area contributed by atoms with Gasteiger partial charge >= 0.3 is 0 Å². The van der Waals surface area contributed by atoms with Gasteiger partial charge in [-0.2, -0.15) is 0 Å². The first-order valence-corrected chi connectivity index (χ1v) is 7.73. The lowest BCUT2D eigenvalue weighted by molar-refractivity contribution is -0.120. The van der Waals surface area contributed by atoms with Crippen LogP contribution in [0.4, 0.5) is 0 Å². The lowest BCUT2D eigenvalue weighted by Gasteiger charge is -2.17. The maximum Gasteiger partial charge on any atom is 0.169 e. The first-order chi connectivity index (χ1) is 8.60. The van der Waals surface area contributed by atoms with Crippen molar-refractivity contribution in [2.24, 2.45) is 0 Å². The number of benzene rings is 1. The molecule has 18 heavy (non-hydrogen) atoms. The van der Waals surface area contributed by atoms with Crippen LogP contribution in [-0.4, -0.2) is 29.5 Å². The van der Waals surface area contributed by atoms with Crippen LogP contribution in [0.2, 0.25) is 10.0 Å². The molecule has 102 valence electrons. The van der Waals surface area contributed by atoms with Crippen molar-refractivity contribution >= 4 is 34.0 Å². The van der Waals surface area contributed by atoms with E-state index in [-0.39, 0.29) is 5.75 Å². The molecular formula is C12H16Cl2O3S. The quantitative estimate of drug-likeness (QED) is 0.723. The van der Waals surface area contributed by atoms with Crippen molar-refractivity contribution in [3.05, 3.63) is 28.2 Å². The molecule has 1 unspecified atom stereocenters. The van der Waals surface area contributed by atoms with Crippen molar-refractivity contribution in [2.45, 2.75) is 25.0 Å². The molecule has 0 heterocycles. The molecule has 1 atom stereocenters. The predicted octanol–water partition coefficient (Wildman–Crippen LogP) is 3.50. The monoisotopic (exact) mass is 310 g/mol. The zero-order valence-corrected chi connectivity index (χ0v) is 12.6. The molecule has 0 aromatic heterocycles. The zero-order valence-electron chi connectivity index (χ0n) is 10.3. The van der Waals surface area contributed by atoms with Gasteiger partial charge in [-0.05, 0) is 26.0 Å². The van der Waals surface area contributed by atoms with Gasteiger partial charge in [0, 0.05) is 13.2 Å². The molecule has 3 nitrogen and oxygen atoms in total. The van der Waals surface area contributed by atoms with E-state index in [1.165, 1.54) is 0 Å². The third kappa shape index (κ3) is 4.52. The maximum atomic E-state index is 12.2. The number of halogens is 2. The van der Waals surface area contributed by atoms with Gasteiger partial charge in [0.1, 0.15) is 0 Å². The third-order valence-corrected chi connectivity index (χ3v) is 4.46. The minimum Gasteiger partial charge on any atom is -0.352 e. The lowest BCUT2D eigenvalue weighted by atomic mass is 10.4. The van der Waals surface area contributed by atoms with Crippen LogP contribution < -0.4 is 0 Å². The SMILES string of the molecule is CCOC(CS(=O)c1c(Cl)cccc1Cl)OCC. The Kier molecular flexibility index (Phi) is 7.19. The van der Waals surface area contributed by atoms with Crippen LogP contribution in [0.3, 0.4) is 0 Å². The van der Waals surface area contributed by atoms with E-state index in [2.05, 4.69) is 0 Å². The number of ether oxygens (including phenoxy) is 2. The summed E-state index contributed by atoms with van der Waals surface area (Å²) < 4.78 is 22.9. The second-order valence-corrected chi connectivity index (χ2v) is 5.65. The summed E-state index contributed by atoms with van der Waals surface area (Å²) in [6, 6.07) is 5.04. The van der Waals surface area contributed by atoms with E-state index in [1.807, 2.05) is 13.8 Å². The standard InChI is InChI=1S/C12H16Cl2O3S/c1-3-16-11(17-4-2)8-18(15)12-9(13)6-5-7-10(12)14/h5-7,11H,3-4,8H2,1-2H3. The number of rotatable bonds is 7. The Labute approximate surface area is 120 Å². The Morgan fingerprint density at radius 1 is 1.17 bits per heavy atom. The molecule has 0 aliphatic rings. The smallest absolute Gasteiger partial charge is 0.169 e. The van der Waals surface area contributed by atoms with E-state index >= 15 is 0 Å². The molecule has 1 rings (SSSR count). The third-order valence-electron chi connectivity index (χ3n) is 2.14. The molecule has 0 amide bonds. The van der Waals surface area contributed by atoms with E-state index in [4.69, 9.17) is 32.7 Å². The molecule has 0 radical (unpaired) electrons. The van der Waals surface area contributed by atoms with E-state index < -0.39 is 17.1 Å². The molecular weight excluding hydrogens is 295 g/mol. The number of hydrogen-bond acceptors (Lipinski definition) is 3. The van der Waals surface area contributed by atoms with Crippen LogP contribution in [0.1, 0.15) is 13.8 Å². The molecule has 0 aliphatic heterocycles. The Balaban J connectivity index is 2.80. The average Bonchev–Trinajstić information content (AvgIpc) is 2.29. The van der Waals surface area contributed by atoms with Gasteiger partial charge in [0.05, 0.1) is 31.5 Å². The van der Waals surface area contributed by atoms with Crippen molar-refractivity contribution in [3.8, 4) is 0 Å². The summed E-state index contributed by atoms with van der Waals surface area (Å²) in [7, 11) is -1.35. The average molecular weight is 311 g/mol. The normalized spacial score (nSPS) is 12.9. The van der Waals surface area contributed by atoms with Gasteiger partial charge in [0.25, 0.3) is 0 Å². The second-order valence-electron chi connectivity index (χ2n) is 3.40. The van der Waals surface area contributed by atoms with Crippen LogP contribution in [-0.2, 0) is 20.3 Å². The maximum absolute atomic E-state index is 12.2. The highest BCUT2D eigenvalue weighted by Gasteiger charge is 2.18. The van der Waals surface area contributed by atoms with Gasteiger partial charge in [0.15, 0.2) is 6.29 Å². The molecule has 1 aromatic rings. The van der Waals surface area contributed by atoms with Crippen LogP contribution in [0.25, 0.3) is 0 Å². The second kappa shape index (κ2) is 8.12. The predicted molar refractivity (Wildman–Crippen MR) is 74.8 cm³/mol. The van der Waals surface area contributed by atoms with Crippen LogP contribution >= 0.6 is 23.2 Å². The molecule has 0 N–H and O–H groups in total. The van der Waals surface area contributed by atoms with Crippen LogP contribution in [0.15, 0.2) is 23.1 Å². The fraction of sp³-hybridized carbons (Fsp3) is 0.500. The molecule has 0 saturated heterocycles. The zero-order chi connectivity index (χ0) is 13.5. The van der Waals surface area contributed by atoms with E-state index in [0.717, 1.165) is 0 Å². The van der Waals surface area contributed by atoms with Gasteiger partial charge < -0.3 is 9.47 Å². The first-order valence-electron chi connectivity index (χ1n) is 5.65. The lowest BCUT2D eigenvalue weighted by Crippen LogP contribution is -2.24. The number of hydrogen-bond donors (Lipinski definition) is 0. The summed E-state index contributed by atoms with van der Waals surface area (Å²) in [5, 5.41) is 0.792. The van der Waals surface area contributed by atoms with E-state index in [9.17, 15) is 4.21 Å². The summed E-state index contributed by atoms with van der Waals surface area (Å²) in [6.07, 6.45) is -0.506. The molecule has 6 heteroatoms. The Bertz CT molecular complexity index is 386. The highest BCUT2D eigenvalue weighted by molar-refractivity contribution is 7.85. The largest absolute Gasteiger partial charge is 0.352 e. The van der Waals surface area contributed by atoms with Crippen molar-refractivity contribution in [3.63, 3.8) is 0 Å². The Morgan fingerprint density at radius 2 is 1.67 bits per heavy atom. The molecule has 1 aromatic carbocycles. The van der Waals surface area contributed by atoms with Crippen molar-refractivity contribution in [1.82, 2.24) is 0 Å². The summed E-state index contributed by atoms with van der Waals surface area (Å²) in [4.78, 5) is 0.435.